The van der Waals surface area contributed by atoms with Gasteiger partial charge in [-0.25, -0.2) is 8.78 Å². The summed E-state index contributed by atoms with van der Waals surface area (Å²) in [5.74, 6) is -1.83. The summed E-state index contributed by atoms with van der Waals surface area (Å²) in [4.78, 5) is 27.9. The first-order valence-corrected chi connectivity index (χ1v) is 16.6. The van der Waals surface area contributed by atoms with Crippen molar-refractivity contribution < 1.29 is 42.8 Å². The van der Waals surface area contributed by atoms with Gasteiger partial charge in [0.1, 0.15) is 18.5 Å². The van der Waals surface area contributed by atoms with Gasteiger partial charge in [-0.05, 0) is 79.5 Å². The molecule has 1 aliphatic heterocycles. The lowest BCUT2D eigenvalue weighted by Crippen LogP contribution is -2.70. The van der Waals surface area contributed by atoms with Crippen molar-refractivity contribution in [3.05, 3.63) is 83.0 Å². The van der Waals surface area contributed by atoms with Crippen LogP contribution in [-0.2, 0) is 25.5 Å². The zero-order chi connectivity index (χ0) is 34.4. The van der Waals surface area contributed by atoms with Crippen LogP contribution in [0.3, 0.4) is 0 Å². The molecule has 8 nitrogen and oxygen atoms in total. The number of anilines is 1. The van der Waals surface area contributed by atoms with Gasteiger partial charge in [0.25, 0.3) is 0 Å². The molecule has 4 fully saturated rings. The summed E-state index contributed by atoms with van der Waals surface area (Å²) in [6, 6.07) is 13.8. The molecule has 0 amide bonds. The number of halogens is 2. The second-order valence-corrected chi connectivity index (χ2v) is 14.8. The molecule has 0 aromatic heterocycles. The van der Waals surface area contributed by atoms with E-state index < -0.39 is 76.8 Å². The normalized spacial score (nSPS) is 39.6. The molecule has 10 atom stereocenters. The fourth-order valence-corrected chi connectivity index (χ4v) is 9.94. The number of carbonyl (C=O) groups is 2. The Morgan fingerprint density at radius 2 is 1.79 bits per heavy atom. The Morgan fingerprint density at radius 3 is 2.46 bits per heavy atom. The second kappa shape index (κ2) is 11.3. The average molecular weight is 664 g/mol. The fourth-order valence-electron chi connectivity index (χ4n) is 9.94. The van der Waals surface area contributed by atoms with Crippen molar-refractivity contribution in [3.63, 3.8) is 0 Å². The lowest BCUT2D eigenvalue weighted by atomic mass is 9.44. The SMILES string of the molecule is COc1cc(Cc2ccc([C@H]3O[C@@H]4C[C@H]5[C@@H]6C[C@H](F)C7=CC(=O)C=C[C@]7(C)[C@@]6(F)[C@@H](O)C[C@]5(C)[C@]4(C(=O)CO)O3)cc2)ccc1N(C)C. The maximum Gasteiger partial charge on any atom is 0.193 e. The largest absolute Gasteiger partial charge is 0.495 e. The molecular weight excluding hydrogens is 620 g/mol. The fraction of sp³-hybridized carbons (Fsp3) is 0.526. The summed E-state index contributed by atoms with van der Waals surface area (Å²) < 4.78 is 52.1. The molecule has 7 rings (SSSR count). The number of hydrogen-bond donors (Lipinski definition) is 2. The molecule has 2 aromatic carbocycles. The molecule has 0 radical (unpaired) electrons. The van der Waals surface area contributed by atoms with Crippen LogP contribution in [0, 0.1) is 22.7 Å². The second-order valence-electron chi connectivity index (χ2n) is 14.8. The molecule has 1 heterocycles. The van der Waals surface area contributed by atoms with Crippen LogP contribution in [0.25, 0.3) is 0 Å². The van der Waals surface area contributed by atoms with Gasteiger partial charge in [0, 0.05) is 36.4 Å². The van der Waals surface area contributed by atoms with Crippen molar-refractivity contribution in [1.29, 1.82) is 0 Å². The minimum absolute atomic E-state index is 0.0384. The Bertz CT molecular complexity index is 1710. The highest BCUT2D eigenvalue weighted by atomic mass is 19.1. The minimum Gasteiger partial charge on any atom is -0.495 e. The third-order valence-electron chi connectivity index (χ3n) is 12.3. The van der Waals surface area contributed by atoms with Crippen molar-refractivity contribution in [2.75, 3.05) is 32.7 Å². The third kappa shape index (κ3) is 4.38. The van der Waals surface area contributed by atoms with E-state index in [4.69, 9.17) is 14.2 Å². The van der Waals surface area contributed by atoms with Crippen LogP contribution in [-0.4, -0.2) is 79.2 Å². The van der Waals surface area contributed by atoms with E-state index in [1.807, 2.05) is 55.4 Å². The van der Waals surface area contributed by atoms with Gasteiger partial charge < -0.3 is 29.3 Å². The zero-order valence-corrected chi connectivity index (χ0v) is 27.9. The molecule has 2 N–H and O–H groups in total. The quantitative estimate of drug-likeness (QED) is 0.427. The molecule has 4 aliphatic carbocycles. The van der Waals surface area contributed by atoms with Gasteiger partial charge in [0.05, 0.1) is 25.0 Å². The van der Waals surface area contributed by atoms with Crippen LogP contribution in [0.5, 0.6) is 5.75 Å². The van der Waals surface area contributed by atoms with E-state index in [2.05, 4.69) is 6.07 Å². The number of benzene rings is 2. The number of alkyl halides is 2. The molecule has 0 unspecified atom stereocenters. The topological polar surface area (TPSA) is 106 Å². The van der Waals surface area contributed by atoms with E-state index in [0.29, 0.717) is 12.0 Å². The number of ketones is 2. The molecule has 1 saturated heterocycles. The van der Waals surface area contributed by atoms with E-state index in [1.54, 1.807) is 21.0 Å². The molecule has 0 bridgehead atoms. The monoisotopic (exact) mass is 663 g/mol. The Hall–Kier alpha value is -3.44. The van der Waals surface area contributed by atoms with E-state index in [1.165, 1.54) is 12.2 Å². The maximum absolute atomic E-state index is 17.6. The number of aliphatic hydroxyl groups excluding tert-OH is 2. The van der Waals surface area contributed by atoms with E-state index in [-0.39, 0.29) is 24.8 Å². The number of allylic oxidation sites excluding steroid dienone is 4. The van der Waals surface area contributed by atoms with Crippen molar-refractivity contribution in [2.45, 2.75) is 75.5 Å². The van der Waals surface area contributed by atoms with Crippen molar-refractivity contribution in [1.82, 2.24) is 0 Å². The zero-order valence-electron chi connectivity index (χ0n) is 27.9. The first kappa shape index (κ1) is 33.1. The van der Waals surface area contributed by atoms with Gasteiger partial charge in [-0.1, -0.05) is 43.3 Å². The Morgan fingerprint density at radius 1 is 1.08 bits per heavy atom. The Balaban J connectivity index is 1.17. The molecule has 3 saturated carbocycles. The number of hydrogen-bond acceptors (Lipinski definition) is 8. The number of fused-ring (bicyclic) bond motifs is 7. The van der Waals surface area contributed by atoms with Crippen LogP contribution < -0.4 is 9.64 Å². The summed E-state index contributed by atoms with van der Waals surface area (Å²) in [7, 11) is 5.57. The average Bonchev–Trinajstić information content (AvgIpc) is 3.56. The predicted molar refractivity (Wildman–Crippen MR) is 174 cm³/mol. The van der Waals surface area contributed by atoms with Gasteiger partial charge >= 0.3 is 0 Å². The van der Waals surface area contributed by atoms with Crippen molar-refractivity contribution in [2.24, 2.45) is 22.7 Å². The lowest BCUT2D eigenvalue weighted by molar-refractivity contribution is -0.235. The number of rotatable bonds is 7. The van der Waals surface area contributed by atoms with E-state index in [0.717, 1.165) is 28.6 Å². The first-order valence-electron chi connectivity index (χ1n) is 16.6. The van der Waals surface area contributed by atoms with Crippen LogP contribution >= 0.6 is 0 Å². The molecule has 256 valence electrons. The molecular formula is C38H43F2NO7. The van der Waals surface area contributed by atoms with Crippen molar-refractivity contribution in [3.8, 4) is 5.75 Å². The summed E-state index contributed by atoms with van der Waals surface area (Å²) >= 11 is 0. The van der Waals surface area contributed by atoms with Gasteiger partial charge in [-0.2, -0.15) is 0 Å². The maximum atomic E-state index is 17.6. The summed E-state index contributed by atoms with van der Waals surface area (Å²) in [5.41, 5.74) is -2.87. The van der Waals surface area contributed by atoms with Gasteiger partial charge in [0.2, 0.25) is 0 Å². The number of nitrogens with zero attached hydrogens (tertiary/aromatic N) is 1. The number of ether oxygens (including phenoxy) is 3. The van der Waals surface area contributed by atoms with Crippen LogP contribution in [0.4, 0.5) is 14.5 Å². The Labute approximate surface area is 279 Å². The number of aliphatic hydroxyl groups is 2. The number of carbonyl (C=O) groups excluding carboxylic acids is 2. The number of methoxy groups -OCH3 is 1. The lowest BCUT2D eigenvalue weighted by Gasteiger charge is -2.63. The summed E-state index contributed by atoms with van der Waals surface area (Å²) in [6.07, 6.45) is -0.772. The summed E-state index contributed by atoms with van der Waals surface area (Å²) in [5, 5.41) is 21.9. The highest BCUT2D eigenvalue weighted by Crippen LogP contribution is 2.72. The van der Waals surface area contributed by atoms with Gasteiger partial charge in [-0.15, -0.1) is 0 Å². The van der Waals surface area contributed by atoms with E-state index in [9.17, 15) is 19.8 Å². The van der Waals surface area contributed by atoms with Crippen LogP contribution in [0.15, 0.2) is 66.3 Å². The van der Waals surface area contributed by atoms with Crippen LogP contribution in [0.1, 0.15) is 56.1 Å². The highest BCUT2D eigenvalue weighted by molar-refractivity contribution is 6.01. The molecule has 48 heavy (non-hydrogen) atoms. The first-order chi connectivity index (χ1) is 22.7. The van der Waals surface area contributed by atoms with Gasteiger partial charge in [0.15, 0.2) is 29.1 Å². The molecule has 10 heteroatoms. The highest BCUT2D eigenvalue weighted by Gasteiger charge is 2.80. The molecule has 0 spiro atoms. The van der Waals surface area contributed by atoms with E-state index >= 15 is 8.78 Å². The van der Waals surface area contributed by atoms with Gasteiger partial charge in [-0.3, -0.25) is 9.59 Å². The Kier molecular flexibility index (Phi) is 7.79. The van der Waals surface area contributed by atoms with Crippen molar-refractivity contribution >= 4 is 17.3 Å². The number of Topliss-reactive ketones (excluding diaryl/α,β-unsaturated/α-hetero) is 1. The molecule has 5 aliphatic rings. The standard InChI is InChI=1S/C38H43F2NO7/c1-35-13-12-24(43)16-27(35)28(39)17-26-25-18-33-38(32(45)20-42,36(25,2)19-31(44)37(26,35)40)48-34(47-33)23-9-6-21(7-10-23)14-22-8-11-29(41(3)4)30(15-22)46-5/h6-13,15-16,25-26,28,31,33-34,42,44H,14,17-20H2,1-5H3/t25-,26-,28-,31-,33+,34-,35-,36-,37-,38+/m0/s1. The van der Waals surface area contributed by atoms with Crippen LogP contribution in [0.2, 0.25) is 0 Å². The minimum atomic E-state index is -2.29. The third-order valence-corrected chi connectivity index (χ3v) is 12.3. The summed E-state index contributed by atoms with van der Waals surface area (Å²) in [6.45, 7) is 2.49. The predicted octanol–water partition coefficient (Wildman–Crippen LogP) is 4.99. The smallest absolute Gasteiger partial charge is 0.193 e. The molecule has 2 aromatic rings.